The van der Waals surface area contributed by atoms with E-state index >= 15 is 0 Å². The summed E-state index contributed by atoms with van der Waals surface area (Å²) in [4.78, 5) is 11.9. The Hall–Kier alpha value is -1.88. The number of carbonyl (C=O) groups excluding carboxylic acids is 1. The van der Waals surface area contributed by atoms with Gasteiger partial charge in [0.15, 0.2) is 5.82 Å². The highest BCUT2D eigenvalue weighted by Gasteiger charge is 2.15. The summed E-state index contributed by atoms with van der Waals surface area (Å²) in [6, 6.07) is 4.43. The number of hydrogen-bond donors (Lipinski definition) is 1. The summed E-state index contributed by atoms with van der Waals surface area (Å²) in [6.07, 6.45) is 0.0765. The fourth-order valence-corrected chi connectivity index (χ4v) is 1.88. The molecule has 6 heteroatoms. The van der Waals surface area contributed by atoms with Crippen molar-refractivity contribution < 1.29 is 13.7 Å². The predicted molar refractivity (Wildman–Crippen MR) is 69.7 cm³/mol. The number of aryl methyl sites for hydroxylation is 2. The van der Waals surface area contributed by atoms with E-state index < -0.39 is 5.82 Å². The lowest BCUT2D eigenvalue weighted by atomic mass is 10.1. The Balaban J connectivity index is 2.12. The van der Waals surface area contributed by atoms with Gasteiger partial charge in [-0.15, -0.1) is 0 Å². The van der Waals surface area contributed by atoms with Gasteiger partial charge in [0, 0.05) is 5.56 Å². The van der Waals surface area contributed by atoms with Gasteiger partial charge in [-0.05, 0) is 26.0 Å². The third-order valence-electron chi connectivity index (χ3n) is 2.74. The summed E-state index contributed by atoms with van der Waals surface area (Å²) in [5.41, 5.74) is 1.42. The van der Waals surface area contributed by atoms with Gasteiger partial charge in [0.05, 0.1) is 22.8 Å². The maximum atomic E-state index is 13.6. The molecule has 0 spiro atoms. The van der Waals surface area contributed by atoms with E-state index in [2.05, 4.69) is 10.5 Å². The van der Waals surface area contributed by atoms with Crippen molar-refractivity contribution in [2.24, 2.45) is 0 Å². The molecule has 1 aromatic carbocycles. The lowest BCUT2D eigenvalue weighted by Gasteiger charge is -2.07. The van der Waals surface area contributed by atoms with E-state index in [1.807, 2.05) is 0 Å². The van der Waals surface area contributed by atoms with Crippen LogP contribution >= 0.6 is 11.6 Å². The third kappa shape index (κ3) is 2.93. The molecule has 0 saturated carbocycles. The molecular formula is C13H12ClFN2O2. The molecule has 0 saturated heterocycles. The molecular weight excluding hydrogens is 271 g/mol. The molecule has 2 rings (SSSR count). The van der Waals surface area contributed by atoms with Gasteiger partial charge in [-0.1, -0.05) is 22.8 Å². The van der Waals surface area contributed by atoms with Crippen LogP contribution in [0.3, 0.4) is 0 Å². The molecule has 4 nitrogen and oxygen atoms in total. The number of carbonyl (C=O) groups is 1. The van der Waals surface area contributed by atoms with E-state index in [4.69, 9.17) is 16.1 Å². The van der Waals surface area contributed by atoms with Crippen LogP contribution < -0.4 is 5.32 Å². The van der Waals surface area contributed by atoms with Crippen molar-refractivity contribution in [2.75, 3.05) is 5.32 Å². The Labute approximate surface area is 114 Å². The summed E-state index contributed by atoms with van der Waals surface area (Å²) in [6.45, 7) is 3.47. The molecule has 0 radical (unpaired) electrons. The molecule has 0 aliphatic heterocycles. The molecule has 0 unspecified atom stereocenters. The normalized spacial score (nSPS) is 10.5. The molecule has 1 N–H and O–H groups in total. The molecule has 2 aromatic rings. The van der Waals surface area contributed by atoms with Gasteiger partial charge in [0.1, 0.15) is 5.76 Å². The van der Waals surface area contributed by atoms with Crippen molar-refractivity contribution in [1.82, 2.24) is 5.16 Å². The van der Waals surface area contributed by atoms with Gasteiger partial charge in [0.2, 0.25) is 5.91 Å². The second-order valence-corrected chi connectivity index (χ2v) is 4.54. The number of halogens is 2. The fraction of sp³-hybridized carbons (Fsp3) is 0.231. The van der Waals surface area contributed by atoms with Crippen LogP contribution in [0.1, 0.15) is 17.0 Å². The van der Waals surface area contributed by atoms with Crippen LogP contribution in [0.2, 0.25) is 5.02 Å². The minimum atomic E-state index is -0.642. The number of rotatable bonds is 3. The summed E-state index contributed by atoms with van der Waals surface area (Å²) >= 11 is 5.64. The summed E-state index contributed by atoms with van der Waals surface area (Å²) in [5.74, 6) is -0.411. The van der Waals surface area contributed by atoms with Crippen LogP contribution in [-0.4, -0.2) is 11.1 Å². The summed E-state index contributed by atoms with van der Waals surface area (Å²) in [7, 11) is 0. The Morgan fingerprint density at radius 1 is 1.47 bits per heavy atom. The van der Waals surface area contributed by atoms with Gasteiger partial charge >= 0.3 is 0 Å². The van der Waals surface area contributed by atoms with Gasteiger partial charge < -0.3 is 9.84 Å². The quantitative estimate of drug-likeness (QED) is 0.940. The van der Waals surface area contributed by atoms with Gasteiger partial charge in [-0.3, -0.25) is 4.79 Å². The predicted octanol–water partition coefficient (Wildman–Crippen LogP) is 3.27. The van der Waals surface area contributed by atoms with Crippen LogP contribution in [-0.2, 0) is 11.2 Å². The first kappa shape index (κ1) is 13.5. The maximum Gasteiger partial charge on any atom is 0.229 e. The standard InChI is InChI=1S/C13H12ClFN2O2/c1-7-9(8(2)19-17-7)6-12(18)16-11-5-3-4-10(14)13(11)15/h3-5H,6H2,1-2H3,(H,16,18). The first-order valence-corrected chi connectivity index (χ1v) is 6.02. The molecule has 0 fully saturated rings. The molecule has 19 heavy (non-hydrogen) atoms. The van der Waals surface area contributed by atoms with Crippen molar-refractivity contribution >= 4 is 23.2 Å². The Morgan fingerprint density at radius 2 is 2.21 bits per heavy atom. The number of hydrogen-bond acceptors (Lipinski definition) is 3. The first-order valence-electron chi connectivity index (χ1n) is 5.64. The molecule has 1 heterocycles. The van der Waals surface area contributed by atoms with Crippen LogP contribution in [0.4, 0.5) is 10.1 Å². The molecule has 1 aromatic heterocycles. The monoisotopic (exact) mass is 282 g/mol. The smallest absolute Gasteiger partial charge is 0.229 e. The first-order chi connectivity index (χ1) is 8.99. The number of anilines is 1. The van der Waals surface area contributed by atoms with Crippen LogP contribution in [0.25, 0.3) is 0 Å². The zero-order valence-electron chi connectivity index (χ0n) is 10.5. The lowest BCUT2D eigenvalue weighted by Crippen LogP contribution is -2.16. The van der Waals surface area contributed by atoms with E-state index in [0.29, 0.717) is 17.0 Å². The van der Waals surface area contributed by atoms with Gasteiger partial charge in [-0.25, -0.2) is 4.39 Å². The second-order valence-electron chi connectivity index (χ2n) is 4.13. The highest BCUT2D eigenvalue weighted by atomic mass is 35.5. The minimum absolute atomic E-state index is 0.0323. The van der Waals surface area contributed by atoms with Gasteiger partial charge in [0.25, 0.3) is 0 Å². The van der Waals surface area contributed by atoms with Crippen LogP contribution in [0.5, 0.6) is 0 Å². The Morgan fingerprint density at radius 3 is 2.84 bits per heavy atom. The molecule has 0 aliphatic carbocycles. The SMILES string of the molecule is Cc1noc(C)c1CC(=O)Nc1cccc(Cl)c1F. The zero-order chi connectivity index (χ0) is 14.0. The van der Waals surface area contributed by atoms with Gasteiger partial charge in [-0.2, -0.15) is 0 Å². The number of aromatic nitrogens is 1. The van der Waals surface area contributed by atoms with Crippen LogP contribution in [0, 0.1) is 19.7 Å². The number of nitrogens with one attached hydrogen (secondary N) is 1. The summed E-state index contributed by atoms with van der Waals surface area (Å²) in [5, 5.41) is 6.20. The topological polar surface area (TPSA) is 55.1 Å². The highest BCUT2D eigenvalue weighted by Crippen LogP contribution is 2.22. The van der Waals surface area contributed by atoms with Crippen molar-refractivity contribution in [2.45, 2.75) is 20.3 Å². The van der Waals surface area contributed by atoms with Crippen molar-refractivity contribution in [3.8, 4) is 0 Å². The number of nitrogens with zero attached hydrogens (tertiary/aromatic N) is 1. The average molecular weight is 283 g/mol. The minimum Gasteiger partial charge on any atom is -0.361 e. The molecule has 100 valence electrons. The van der Waals surface area contributed by atoms with Crippen molar-refractivity contribution in [3.05, 3.63) is 46.1 Å². The van der Waals surface area contributed by atoms with E-state index in [0.717, 1.165) is 0 Å². The largest absolute Gasteiger partial charge is 0.361 e. The second kappa shape index (κ2) is 5.40. The van der Waals surface area contributed by atoms with Crippen molar-refractivity contribution in [3.63, 3.8) is 0 Å². The van der Waals surface area contributed by atoms with E-state index in [-0.39, 0.29) is 23.0 Å². The lowest BCUT2D eigenvalue weighted by molar-refractivity contribution is -0.115. The van der Waals surface area contributed by atoms with E-state index in [1.54, 1.807) is 19.9 Å². The fourth-order valence-electron chi connectivity index (χ4n) is 1.71. The Bertz CT molecular complexity index is 606. The zero-order valence-corrected chi connectivity index (χ0v) is 11.2. The number of amides is 1. The molecule has 1 amide bonds. The van der Waals surface area contributed by atoms with E-state index in [1.165, 1.54) is 12.1 Å². The van der Waals surface area contributed by atoms with E-state index in [9.17, 15) is 9.18 Å². The molecule has 0 atom stereocenters. The van der Waals surface area contributed by atoms with Crippen LogP contribution in [0.15, 0.2) is 22.7 Å². The average Bonchev–Trinajstić information content (AvgIpc) is 2.67. The van der Waals surface area contributed by atoms with Crippen molar-refractivity contribution in [1.29, 1.82) is 0 Å². The Kier molecular flexibility index (Phi) is 3.85. The maximum absolute atomic E-state index is 13.6. The summed E-state index contributed by atoms with van der Waals surface area (Å²) < 4.78 is 18.6. The highest BCUT2D eigenvalue weighted by molar-refractivity contribution is 6.31. The molecule has 0 bridgehead atoms. The number of benzene rings is 1. The molecule has 0 aliphatic rings. The third-order valence-corrected chi connectivity index (χ3v) is 3.04.